The number of anilines is 1. The van der Waals surface area contributed by atoms with Crippen LogP contribution in [0, 0.1) is 6.92 Å². The van der Waals surface area contributed by atoms with Gasteiger partial charge in [-0.3, -0.25) is 0 Å². The van der Waals surface area contributed by atoms with Crippen molar-refractivity contribution in [2.75, 3.05) is 24.7 Å². The third-order valence-electron chi connectivity index (χ3n) is 2.81. The van der Waals surface area contributed by atoms with Crippen LogP contribution in [-0.2, 0) is 0 Å². The van der Waals surface area contributed by atoms with Gasteiger partial charge in [-0.05, 0) is 31.2 Å². The van der Waals surface area contributed by atoms with Crippen LogP contribution in [0.25, 0.3) is 0 Å². The van der Waals surface area contributed by atoms with Gasteiger partial charge in [0.25, 0.3) is 0 Å². The van der Waals surface area contributed by atoms with Gasteiger partial charge in [0.15, 0.2) is 0 Å². The van der Waals surface area contributed by atoms with Crippen molar-refractivity contribution >= 4 is 17.4 Å². The Kier molecular flexibility index (Phi) is 5.16. The highest BCUT2D eigenvalue weighted by Crippen LogP contribution is 2.28. The quantitative estimate of drug-likeness (QED) is 0.629. The molecule has 0 saturated heterocycles. The van der Waals surface area contributed by atoms with Gasteiger partial charge in [0.05, 0.1) is 7.11 Å². The van der Waals surface area contributed by atoms with E-state index >= 15 is 0 Å². The summed E-state index contributed by atoms with van der Waals surface area (Å²) >= 11 is 1.81. The molecule has 0 aliphatic carbocycles. The summed E-state index contributed by atoms with van der Waals surface area (Å²) in [5, 5.41) is 3.42. The minimum absolute atomic E-state index is 0.936. The second-order valence-corrected chi connectivity index (χ2v) is 5.43. The van der Waals surface area contributed by atoms with Crippen molar-refractivity contribution in [3.63, 3.8) is 0 Å². The molecule has 3 heteroatoms. The molecule has 1 N–H and O–H groups in total. The van der Waals surface area contributed by atoms with E-state index in [2.05, 4.69) is 42.6 Å². The molecule has 2 aromatic carbocycles. The molecule has 0 aromatic heterocycles. The molecule has 0 heterocycles. The highest BCUT2D eigenvalue weighted by atomic mass is 32.2. The number of para-hydroxylation sites is 1. The van der Waals surface area contributed by atoms with Gasteiger partial charge in [-0.1, -0.05) is 29.8 Å². The SMILES string of the molecule is COc1ccccc1SCCNc1ccc(C)cc1. The highest BCUT2D eigenvalue weighted by molar-refractivity contribution is 7.99. The smallest absolute Gasteiger partial charge is 0.132 e. The summed E-state index contributed by atoms with van der Waals surface area (Å²) < 4.78 is 5.33. The zero-order valence-electron chi connectivity index (χ0n) is 11.3. The van der Waals surface area contributed by atoms with Crippen LogP contribution in [0.3, 0.4) is 0 Å². The number of aryl methyl sites for hydroxylation is 1. The molecule has 2 nitrogen and oxygen atoms in total. The van der Waals surface area contributed by atoms with Gasteiger partial charge in [0, 0.05) is 22.9 Å². The second-order valence-electron chi connectivity index (χ2n) is 4.29. The van der Waals surface area contributed by atoms with E-state index < -0.39 is 0 Å². The van der Waals surface area contributed by atoms with Gasteiger partial charge in [0.1, 0.15) is 5.75 Å². The molecular weight excluding hydrogens is 254 g/mol. The van der Waals surface area contributed by atoms with Crippen molar-refractivity contribution in [2.45, 2.75) is 11.8 Å². The van der Waals surface area contributed by atoms with Crippen molar-refractivity contribution in [2.24, 2.45) is 0 Å². The summed E-state index contributed by atoms with van der Waals surface area (Å²) in [6.45, 7) is 3.03. The summed E-state index contributed by atoms with van der Waals surface area (Å²) in [7, 11) is 1.71. The van der Waals surface area contributed by atoms with E-state index in [0.29, 0.717) is 0 Å². The number of methoxy groups -OCH3 is 1. The molecule has 0 saturated carbocycles. The summed E-state index contributed by atoms with van der Waals surface area (Å²) in [6.07, 6.45) is 0. The number of hydrogen-bond acceptors (Lipinski definition) is 3. The maximum absolute atomic E-state index is 5.33. The van der Waals surface area contributed by atoms with E-state index in [4.69, 9.17) is 4.74 Å². The summed E-state index contributed by atoms with van der Waals surface area (Å²) in [6, 6.07) is 16.6. The van der Waals surface area contributed by atoms with Gasteiger partial charge in [-0.15, -0.1) is 11.8 Å². The maximum Gasteiger partial charge on any atom is 0.132 e. The molecule has 2 rings (SSSR count). The topological polar surface area (TPSA) is 21.3 Å². The number of benzene rings is 2. The van der Waals surface area contributed by atoms with Crippen LogP contribution in [0.1, 0.15) is 5.56 Å². The predicted octanol–water partition coefficient (Wildman–Crippen LogP) is 4.21. The van der Waals surface area contributed by atoms with Gasteiger partial charge >= 0.3 is 0 Å². The highest BCUT2D eigenvalue weighted by Gasteiger charge is 2.01. The van der Waals surface area contributed by atoms with Gasteiger partial charge in [-0.2, -0.15) is 0 Å². The fourth-order valence-corrected chi connectivity index (χ4v) is 2.66. The molecule has 0 amide bonds. The fraction of sp³-hybridized carbons (Fsp3) is 0.250. The number of rotatable bonds is 6. The van der Waals surface area contributed by atoms with Gasteiger partial charge in [0.2, 0.25) is 0 Å². The number of ether oxygens (including phenoxy) is 1. The fourth-order valence-electron chi connectivity index (χ4n) is 1.77. The number of thioether (sulfide) groups is 1. The molecule has 0 aliphatic rings. The summed E-state index contributed by atoms with van der Waals surface area (Å²) in [5.74, 6) is 1.96. The Morgan fingerprint density at radius 2 is 1.79 bits per heavy atom. The lowest BCUT2D eigenvalue weighted by Crippen LogP contribution is -2.03. The van der Waals surface area contributed by atoms with Crippen molar-refractivity contribution in [1.29, 1.82) is 0 Å². The van der Waals surface area contributed by atoms with Crippen LogP contribution in [0.5, 0.6) is 5.75 Å². The minimum atomic E-state index is 0.936. The molecule has 0 spiro atoms. The van der Waals surface area contributed by atoms with E-state index in [1.54, 1.807) is 18.9 Å². The van der Waals surface area contributed by atoms with E-state index in [-0.39, 0.29) is 0 Å². The van der Waals surface area contributed by atoms with Crippen LogP contribution in [0.2, 0.25) is 0 Å². The average Bonchev–Trinajstić information content (AvgIpc) is 2.46. The van der Waals surface area contributed by atoms with Crippen LogP contribution in [0.4, 0.5) is 5.69 Å². The molecule has 2 aromatic rings. The monoisotopic (exact) mass is 273 g/mol. The predicted molar refractivity (Wildman–Crippen MR) is 83.4 cm³/mol. The van der Waals surface area contributed by atoms with E-state index in [0.717, 1.165) is 18.0 Å². The van der Waals surface area contributed by atoms with Crippen molar-refractivity contribution in [1.82, 2.24) is 0 Å². The summed E-state index contributed by atoms with van der Waals surface area (Å²) in [4.78, 5) is 1.19. The van der Waals surface area contributed by atoms with E-state index in [1.165, 1.54) is 16.1 Å². The van der Waals surface area contributed by atoms with Gasteiger partial charge < -0.3 is 10.1 Å². The first-order valence-corrected chi connectivity index (χ1v) is 7.34. The molecule has 0 aliphatic heterocycles. The Balaban J connectivity index is 1.79. The van der Waals surface area contributed by atoms with Crippen molar-refractivity contribution in [3.8, 4) is 5.75 Å². The molecule has 0 radical (unpaired) electrons. The lowest BCUT2D eigenvalue weighted by molar-refractivity contribution is 0.405. The standard InChI is InChI=1S/C16H19NOS/c1-13-7-9-14(10-8-13)17-11-12-19-16-6-4-3-5-15(16)18-2/h3-10,17H,11-12H2,1-2H3. The molecular formula is C16H19NOS. The van der Waals surface area contributed by atoms with Crippen LogP contribution >= 0.6 is 11.8 Å². The molecule has 0 atom stereocenters. The molecule has 100 valence electrons. The Morgan fingerprint density at radius 1 is 1.05 bits per heavy atom. The number of nitrogens with one attached hydrogen (secondary N) is 1. The Labute approximate surface area is 119 Å². The largest absolute Gasteiger partial charge is 0.496 e. The van der Waals surface area contributed by atoms with Gasteiger partial charge in [-0.25, -0.2) is 0 Å². The lowest BCUT2D eigenvalue weighted by Gasteiger charge is -2.09. The van der Waals surface area contributed by atoms with E-state index in [9.17, 15) is 0 Å². The zero-order valence-corrected chi connectivity index (χ0v) is 12.2. The Bertz CT molecular complexity index is 510. The molecule has 0 unspecified atom stereocenters. The molecule has 0 bridgehead atoms. The Hall–Kier alpha value is -1.61. The van der Waals surface area contributed by atoms with Crippen LogP contribution in [-0.4, -0.2) is 19.4 Å². The second kappa shape index (κ2) is 7.10. The van der Waals surface area contributed by atoms with Crippen LogP contribution < -0.4 is 10.1 Å². The molecule has 0 fully saturated rings. The van der Waals surface area contributed by atoms with Crippen molar-refractivity contribution < 1.29 is 4.74 Å². The van der Waals surface area contributed by atoms with E-state index in [1.807, 2.05) is 18.2 Å². The first-order valence-electron chi connectivity index (χ1n) is 6.36. The maximum atomic E-state index is 5.33. The Morgan fingerprint density at radius 3 is 2.53 bits per heavy atom. The minimum Gasteiger partial charge on any atom is -0.496 e. The van der Waals surface area contributed by atoms with Crippen molar-refractivity contribution in [3.05, 3.63) is 54.1 Å². The average molecular weight is 273 g/mol. The molecule has 19 heavy (non-hydrogen) atoms. The third-order valence-corrected chi connectivity index (χ3v) is 3.87. The summed E-state index contributed by atoms with van der Waals surface area (Å²) in [5.41, 5.74) is 2.46. The normalized spacial score (nSPS) is 10.2. The van der Waals surface area contributed by atoms with Crippen LogP contribution in [0.15, 0.2) is 53.4 Å². The number of hydrogen-bond donors (Lipinski definition) is 1. The lowest BCUT2D eigenvalue weighted by atomic mass is 10.2. The zero-order chi connectivity index (χ0) is 13.5. The first kappa shape index (κ1) is 13.8. The third kappa shape index (κ3) is 4.21. The first-order chi connectivity index (χ1) is 9.29.